The summed E-state index contributed by atoms with van der Waals surface area (Å²) >= 11 is 0. The van der Waals surface area contributed by atoms with Gasteiger partial charge in [-0.1, -0.05) is 30.3 Å². The van der Waals surface area contributed by atoms with Crippen molar-refractivity contribution in [2.75, 3.05) is 26.2 Å². The summed E-state index contributed by atoms with van der Waals surface area (Å²) in [5.74, 6) is 0. The summed E-state index contributed by atoms with van der Waals surface area (Å²) in [4.78, 5) is 14.6. The van der Waals surface area contributed by atoms with Crippen LogP contribution in [0, 0.1) is 5.41 Å². The van der Waals surface area contributed by atoms with Gasteiger partial charge in [-0.25, -0.2) is 4.79 Å². The number of aromatic nitrogens is 4. The van der Waals surface area contributed by atoms with Gasteiger partial charge in [0.25, 0.3) is 0 Å². The van der Waals surface area contributed by atoms with Gasteiger partial charge < -0.3 is 9.64 Å². The highest BCUT2D eigenvalue weighted by atomic mass is 16.5. The largest absolute Gasteiger partial charge is 0.378 e. The van der Waals surface area contributed by atoms with Crippen molar-refractivity contribution in [1.29, 1.82) is 0 Å². The standard InChI is InChI=1S/C21H31N5O2/c1-2-25-20(27)26(23-22-25)15-14-24-13-12-21(17-24,19-9-6-16-28-19)11-10-18-7-4-3-5-8-18/h3-5,7-8,19H,2,6,9-17H2,1H3. The van der Waals surface area contributed by atoms with Crippen LogP contribution in [0.25, 0.3) is 0 Å². The summed E-state index contributed by atoms with van der Waals surface area (Å²) in [6.07, 6.45) is 6.13. The number of nitrogens with zero attached hydrogens (tertiary/aromatic N) is 5. The van der Waals surface area contributed by atoms with Gasteiger partial charge in [-0.15, -0.1) is 0 Å². The monoisotopic (exact) mass is 385 g/mol. The van der Waals surface area contributed by atoms with Crippen LogP contribution >= 0.6 is 0 Å². The third-order valence-corrected chi connectivity index (χ3v) is 6.46. The molecule has 2 fully saturated rings. The van der Waals surface area contributed by atoms with Crippen molar-refractivity contribution in [1.82, 2.24) is 24.7 Å². The molecule has 2 aliphatic heterocycles. The molecule has 2 aromatic rings. The van der Waals surface area contributed by atoms with E-state index >= 15 is 0 Å². The molecule has 7 heteroatoms. The fraction of sp³-hybridized carbons (Fsp3) is 0.667. The second-order valence-corrected chi connectivity index (χ2v) is 8.18. The maximum Gasteiger partial charge on any atom is 0.363 e. The lowest BCUT2D eigenvalue weighted by molar-refractivity contribution is -0.00159. The molecule has 1 aromatic carbocycles. The van der Waals surface area contributed by atoms with Crippen molar-refractivity contribution in [3.63, 3.8) is 0 Å². The van der Waals surface area contributed by atoms with Gasteiger partial charge in [-0.05, 0) is 61.6 Å². The maximum absolute atomic E-state index is 12.2. The molecule has 2 aliphatic rings. The predicted molar refractivity (Wildman–Crippen MR) is 107 cm³/mol. The number of hydrogen-bond donors (Lipinski definition) is 0. The third-order valence-electron chi connectivity index (χ3n) is 6.46. The van der Waals surface area contributed by atoms with E-state index in [0.717, 1.165) is 39.1 Å². The third kappa shape index (κ3) is 4.05. The summed E-state index contributed by atoms with van der Waals surface area (Å²) in [7, 11) is 0. The van der Waals surface area contributed by atoms with E-state index in [1.165, 1.54) is 34.2 Å². The van der Waals surface area contributed by atoms with E-state index in [-0.39, 0.29) is 11.1 Å². The molecule has 2 saturated heterocycles. The van der Waals surface area contributed by atoms with Gasteiger partial charge in [0.2, 0.25) is 0 Å². The molecule has 0 radical (unpaired) electrons. The highest BCUT2D eigenvalue weighted by molar-refractivity contribution is 5.15. The zero-order chi connectivity index (χ0) is 19.4. The van der Waals surface area contributed by atoms with E-state index in [4.69, 9.17) is 4.74 Å². The van der Waals surface area contributed by atoms with Crippen molar-refractivity contribution in [2.45, 2.75) is 58.2 Å². The molecule has 0 spiro atoms. The Labute approximate surface area is 166 Å². The van der Waals surface area contributed by atoms with Gasteiger partial charge >= 0.3 is 5.69 Å². The molecular formula is C21H31N5O2. The normalized spacial score (nSPS) is 25.5. The number of rotatable bonds is 8. The number of tetrazole rings is 1. The number of aryl methyl sites for hydroxylation is 2. The summed E-state index contributed by atoms with van der Waals surface area (Å²) in [5.41, 5.74) is 1.51. The van der Waals surface area contributed by atoms with Crippen molar-refractivity contribution in [3.05, 3.63) is 46.4 Å². The number of benzene rings is 1. The molecule has 0 N–H and O–H groups in total. The quantitative estimate of drug-likeness (QED) is 0.695. The molecule has 0 aliphatic carbocycles. The van der Waals surface area contributed by atoms with Crippen LogP contribution < -0.4 is 5.69 Å². The Balaban J connectivity index is 1.40. The lowest BCUT2D eigenvalue weighted by Crippen LogP contribution is -2.39. The minimum Gasteiger partial charge on any atom is -0.378 e. The zero-order valence-corrected chi connectivity index (χ0v) is 16.8. The first-order valence-electron chi connectivity index (χ1n) is 10.6. The second-order valence-electron chi connectivity index (χ2n) is 8.18. The number of likely N-dealkylation sites (tertiary alicyclic amines) is 1. The molecule has 2 unspecified atom stereocenters. The molecular weight excluding hydrogens is 354 g/mol. The predicted octanol–water partition coefficient (Wildman–Crippen LogP) is 1.96. The minimum absolute atomic E-state index is 0.115. The van der Waals surface area contributed by atoms with E-state index in [0.29, 0.717) is 19.2 Å². The van der Waals surface area contributed by atoms with Crippen LogP contribution in [0.1, 0.15) is 38.2 Å². The van der Waals surface area contributed by atoms with Crippen LogP contribution in [0.2, 0.25) is 0 Å². The van der Waals surface area contributed by atoms with Crippen LogP contribution in [0.15, 0.2) is 35.1 Å². The van der Waals surface area contributed by atoms with Gasteiger partial charge in [0, 0.05) is 31.7 Å². The molecule has 0 bridgehead atoms. The van der Waals surface area contributed by atoms with Crippen LogP contribution in [0.4, 0.5) is 0 Å². The Bertz CT molecular complexity index is 812. The zero-order valence-electron chi connectivity index (χ0n) is 16.8. The van der Waals surface area contributed by atoms with Crippen molar-refractivity contribution in [3.8, 4) is 0 Å². The average molecular weight is 386 g/mol. The van der Waals surface area contributed by atoms with Gasteiger partial charge in [-0.3, -0.25) is 0 Å². The SMILES string of the molecule is CCn1nnn(CCN2CCC(CCc3ccccc3)(C3CCCO3)C2)c1=O. The van der Waals surface area contributed by atoms with Crippen LogP contribution in [0.3, 0.4) is 0 Å². The first-order chi connectivity index (χ1) is 13.7. The van der Waals surface area contributed by atoms with E-state index in [1.54, 1.807) is 0 Å². The average Bonchev–Trinajstić information content (AvgIpc) is 3.47. The number of hydrogen-bond acceptors (Lipinski definition) is 5. The summed E-state index contributed by atoms with van der Waals surface area (Å²) in [6.45, 7) is 6.90. The molecule has 1 aromatic heterocycles. The molecule has 0 amide bonds. The topological polar surface area (TPSA) is 65.2 Å². The van der Waals surface area contributed by atoms with Gasteiger partial charge in [0.15, 0.2) is 0 Å². The summed E-state index contributed by atoms with van der Waals surface area (Å²) < 4.78 is 9.06. The molecule has 4 rings (SSSR count). The summed E-state index contributed by atoms with van der Waals surface area (Å²) in [5, 5.41) is 7.92. The first kappa shape index (κ1) is 19.3. The lowest BCUT2D eigenvalue weighted by Gasteiger charge is -2.35. The van der Waals surface area contributed by atoms with Crippen molar-refractivity contribution in [2.24, 2.45) is 5.41 Å². The Hall–Kier alpha value is -1.99. The molecule has 152 valence electrons. The second kappa shape index (κ2) is 8.57. The molecule has 2 atom stereocenters. The smallest absolute Gasteiger partial charge is 0.363 e. The molecule has 28 heavy (non-hydrogen) atoms. The number of ether oxygens (including phenoxy) is 1. The van der Waals surface area contributed by atoms with Crippen molar-refractivity contribution >= 4 is 0 Å². The van der Waals surface area contributed by atoms with Gasteiger partial charge in [0.1, 0.15) is 0 Å². The highest BCUT2D eigenvalue weighted by Gasteiger charge is 2.45. The van der Waals surface area contributed by atoms with E-state index < -0.39 is 0 Å². The van der Waals surface area contributed by atoms with Crippen LogP contribution in [0.5, 0.6) is 0 Å². The Morgan fingerprint density at radius 2 is 2.00 bits per heavy atom. The van der Waals surface area contributed by atoms with Gasteiger partial charge in [0.05, 0.1) is 12.6 Å². The van der Waals surface area contributed by atoms with Gasteiger partial charge in [-0.2, -0.15) is 9.36 Å². The van der Waals surface area contributed by atoms with E-state index in [9.17, 15) is 4.79 Å². The maximum atomic E-state index is 12.2. The summed E-state index contributed by atoms with van der Waals surface area (Å²) in [6, 6.07) is 10.8. The fourth-order valence-corrected chi connectivity index (χ4v) is 4.78. The fourth-order valence-electron chi connectivity index (χ4n) is 4.78. The van der Waals surface area contributed by atoms with E-state index in [2.05, 4.69) is 45.7 Å². The minimum atomic E-state index is -0.115. The Kier molecular flexibility index (Phi) is 5.92. The lowest BCUT2D eigenvalue weighted by atomic mass is 9.75. The first-order valence-corrected chi connectivity index (χ1v) is 10.6. The molecule has 3 heterocycles. The molecule has 7 nitrogen and oxygen atoms in total. The highest BCUT2D eigenvalue weighted by Crippen LogP contribution is 2.43. The Morgan fingerprint density at radius 1 is 1.18 bits per heavy atom. The van der Waals surface area contributed by atoms with E-state index in [1.807, 2.05) is 6.92 Å². The molecule has 0 saturated carbocycles. The van der Waals surface area contributed by atoms with Crippen LogP contribution in [-0.2, 0) is 24.2 Å². The van der Waals surface area contributed by atoms with Crippen LogP contribution in [-0.4, -0.2) is 57.0 Å². The Morgan fingerprint density at radius 3 is 2.71 bits per heavy atom. The van der Waals surface area contributed by atoms with Crippen molar-refractivity contribution < 1.29 is 4.74 Å².